The number of hydrogen-bond donors (Lipinski definition) is 2. The van der Waals surface area contributed by atoms with Gasteiger partial charge < -0.3 is 4.74 Å². The minimum atomic E-state index is -0.389. The van der Waals surface area contributed by atoms with Gasteiger partial charge in [0.1, 0.15) is 12.4 Å². The first-order valence-electron chi connectivity index (χ1n) is 5.64. The lowest BCUT2D eigenvalue weighted by atomic mass is 10.2. The molecule has 20 heavy (non-hydrogen) atoms. The number of pyridine rings is 1. The van der Waals surface area contributed by atoms with Crippen LogP contribution in [-0.4, -0.2) is 10.9 Å². The van der Waals surface area contributed by atoms with Crippen molar-refractivity contribution in [1.82, 2.24) is 10.4 Å². The third-order valence-corrected chi connectivity index (χ3v) is 3.29. The summed E-state index contributed by atoms with van der Waals surface area (Å²) in [7, 11) is 0. The molecule has 0 atom stereocenters. The topological polar surface area (TPSA) is 77.2 Å². The Balaban J connectivity index is 2.04. The van der Waals surface area contributed by atoms with Crippen LogP contribution in [0.25, 0.3) is 0 Å². The second kappa shape index (κ2) is 6.69. The van der Waals surface area contributed by atoms with Gasteiger partial charge in [0, 0.05) is 10.7 Å². The third-order valence-electron chi connectivity index (χ3n) is 2.49. The van der Waals surface area contributed by atoms with Crippen molar-refractivity contribution < 1.29 is 9.53 Å². The summed E-state index contributed by atoms with van der Waals surface area (Å²) in [5, 5.41) is 0.521. The molecule has 0 bridgehead atoms. The van der Waals surface area contributed by atoms with Crippen molar-refractivity contribution >= 4 is 33.4 Å². The molecule has 1 aromatic heterocycles. The Labute approximate surface area is 129 Å². The zero-order chi connectivity index (χ0) is 14.5. The number of rotatable bonds is 4. The van der Waals surface area contributed by atoms with Crippen LogP contribution in [0.5, 0.6) is 5.75 Å². The molecule has 0 aliphatic carbocycles. The van der Waals surface area contributed by atoms with Crippen molar-refractivity contribution in [2.45, 2.75) is 6.61 Å². The molecule has 0 radical (unpaired) electrons. The first-order valence-corrected chi connectivity index (χ1v) is 6.81. The van der Waals surface area contributed by atoms with Crippen LogP contribution >= 0.6 is 27.5 Å². The van der Waals surface area contributed by atoms with Crippen molar-refractivity contribution in [2.24, 2.45) is 5.84 Å². The lowest BCUT2D eigenvalue weighted by Crippen LogP contribution is -2.30. The number of nitrogens with two attached hydrogens (primary N) is 1. The van der Waals surface area contributed by atoms with Crippen molar-refractivity contribution in [1.29, 1.82) is 0 Å². The minimum Gasteiger partial charge on any atom is -0.486 e. The van der Waals surface area contributed by atoms with Crippen LogP contribution in [0, 0.1) is 0 Å². The highest BCUT2D eigenvalue weighted by Gasteiger charge is 2.06. The van der Waals surface area contributed by atoms with Crippen LogP contribution in [0.1, 0.15) is 16.1 Å². The fraction of sp³-hybridized carbons (Fsp3) is 0.0769. The second-order valence-electron chi connectivity index (χ2n) is 3.88. The van der Waals surface area contributed by atoms with Crippen LogP contribution < -0.4 is 16.0 Å². The van der Waals surface area contributed by atoms with Gasteiger partial charge in [0.05, 0.1) is 16.3 Å². The number of halogens is 2. The quantitative estimate of drug-likeness (QED) is 0.501. The number of hydrogen-bond acceptors (Lipinski definition) is 4. The Kier molecular flexibility index (Phi) is 4.94. The molecule has 0 saturated heterocycles. The van der Waals surface area contributed by atoms with E-state index in [1.807, 2.05) is 11.5 Å². The number of carbonyl (C=O) groups excluding carboxylic acids is 1. The van der Waals surface area contributed by atoms with Crippen LogP contribution in [0.4, 0.5) is 0 Å². The van der Waals surface area contributed by atoms with Crippen molar-refractivity contribution in [3.63, 3.8) is 0 Å². The summed E-state index contributed by atoms with van der Waals surface area (Å²) < 4.78 is 6.46. The Bertz CT molecular complexity index is 620. The van der Waals surface area contributed by atoms with Gasteiger partial charge in [-0.2, -0.15) is 0 Å². The summed E-state index contributed by atoms with van der Waals surface area (Å²) in [4.78, 5) is 15.4. The molecular weight excluding hydrogens is 346 g/mol. The number of ether oxygens (including phenoxy) is 1. The maximum atomic E-state index is 11.3. The number of nitrogens with one attached hydrogen (secondary N) is 1. The monoisotopic (exact) mass is 355 g/mol. The van der Waals surface area contributed by atoms with Gasteiger partial charge in [-0.1, -0.05) is 27.5 Å². The lowest BCUT2D eigenvalue weighted by Gasteiger charge is -2.08. The highest BCUT2D eigenvalue weighted by Crippen LogP contribution is 2.28. The summed E-state index contributed by atoms with van der Waals surface area (Å²) in [5.41, 5.74) is 3.10. The van der Waals surface area contributed by atoms with Gasteiger partial charge in [0.15, 0.2) is 0 Å². The van der Waals surface area contributed by atoms with Gasteiger partial charge in [-0.25, -0.2) is 5.84 Å². The first-order chi connectivity index (χ1) is 9.60. The number of nitrogen functional groups attached to an aromatic ring is 1. The molecule has 5 nitrogen and oxygen atoms in total. The second-order valence-corrected chi connectivity index (χ2v) is 5.20. The average Bonchev–Trinajstić information content (AvgIpc) is 2.48. The average molecular weight is 357 g/mol. The SMILES string of the molecule is NNC(=O)c1ccc(COc2cc(Br)ccc2Cl)nc1. The highest BCUT2D eigenvalue weighted by molar-refractivity contribution is 9.10. The number of aromatic nitrogens is 1. The van der Waals surface area contributed by atoms with Crippen molar-refractivity contribution in [3.05, 3.63) is 57.3 Å². The van der Waals surface area contributed by atoms with Gasteiger partial charge in [-0.05, 0) is 30.3 Å². The van der Waals surface area contributed by atoms with Gasteiger partial charge in [-0.15, -0.1) is 0 Å². The van der Waals surface area contributed by atoms with Gasteiger partial charge in [0.25, 0.3) is 5.91 Å². The van der Waals surface area contributed by atoms with E-state index in [9.17, 15) is 4.79 Å². The molecule has 0 aliphatic rings. The maximum Gasteiger partial charge on any atom is 0.266 e. The van der Waals surface area contributed by atoms with E-state index >= 15 is 0 Å². The molecule has 1 aromatic carbocycles. The zero-order valence-corrected chi connectivity index (χ0v) is 12.6. The molecule has 0 aliphatic heterocycles. The molecule has 1 amide bonds. The number of carbonyl (C=O) groups is 1. The number of benzene rings is 1. The van der Waals surface area contributed by atoms with E-state index in [4.69, 9.17) is 22.2 Å². The molecule has 1 heterocycles. The van der Waals surface area contributed by atoms with Gasteiger partial charge in [0.2, 0.25) is 0 Å². The Morgan fingerprint density at radius 3 is 2.85 bits per heavy atom. The fourth-order valence-electron chi connectivity index (χ4n) is 1.47. The van der Waals surface area contributed by atoms with E-state index in [-0.39, 0.29) is 12.5 Å². The van der Waals surface area contributed by atoms with Crippen LogP contribution in [0.2, 0.25) is 5.02 Å². The van der Waals surface area contributed by atoms with E-state index in [0.717, 1.165) is 4.47 Å². The third kappa shape index (κ3) is 3.69. The van der Waals surface area contributed by atoms with Crippen molar-refractivity contribution in [2.75, 3.05) is 0 Å². The summed E-state index contributed by atoms with van der Waals surface area (Å²) in [6.07, 6.45) is 1.43. The molecule has 0 saturated carbocycles. The first kappa shape index (κ1) is 14.8. The van der Waals surface area contributed by atoms with Crippen LogP contribution in [0.3, 0.4) is 0 Å². The van der Waals surface area contributed by atoms with Crippen LogP contribution in [-0.2, 0) is 6.61 Å². The Hall–Kier alpha value is -1.63. The van der Waals surface area contributed by atoms with E-state index in [1.54, 1.807) is 24.3 Å². The predicted molar refractivity (Wildman–Crippen MR) is 79.4 cm³/mol. The molecule has 0 fully saturated rings. The van der Waals surface area contributed by atoms with E-state index in [2.05, 4.69) is 20.9 Å². The molecule has 0 spiro atoms. The smallest absolute Gasteiger partial charge is 0.266 e. The zero-order valence-electron chi connectivity index (χ0n) is 10.3. The van der Waals surface area contributed by atoms with E-state index < -0.39 is 0 Å². The normalized spacial score (nSPS) is 10.2. The molecule has 2 aromatic rings. The molecular formula is C13H11BrClN3O2. The predicted octanol–water partition coefficient (Wildman–Crippen LogP) is 2.68. The fourth-order valence-corrected chi connectivity index (χ4v) is 1.98. The summed E-state index contributed by atoms with van der Waals surface area (Å²) >= 11 is 9.36. The van der Waals surface area contributed by atoms with Gasteiger partial charge in [-0.3, -0.25) is 15.2 Å². The summed E-state index contributed by atoms with van der Waals surface area (Å²) in [6, 6.07) is 8.65. The largest absolute Gasteiger partial charge is 0.486 e. The molecule has 3 N–H and O–H groups in total. The van der Waals surface area contributed by atoms with E-state index in [0.29, 0.717) is 22.0 Å². The summed E-state index contributed by atoms with van der Waals surface area (Å²) in [6.45, 7) is 0.251. The number of nitrogens with zero attached hydrogens (tertiary/aromatic N) is 1. The summed E-state index contributed by atoms with van der Waals surface area (Å²) in [5.74, 6) is 5.21. The highest BCUT2D eigenvalue weighted by atomic mass is 79.9. The standard InChI is InChI=1S/C13H11BrClN3O2/c14-9-2-4-11(15)12(5-9)20-7-10-3-1-8(6-17-10)13(19)18-16/h1-6H,7,16H2,(H,18,19). The molecule has 2 rings (SSSR count). The molecule has 7 heteroatoms. The minimum absolute atomic E-state index is 0.251. The molecule has 104 valence electrons. The Morgan fingerprint density at radius 2 is 2.20 bits per heavy atom. The number of hydrazine groups is 1. The number of amides is 1. The molecule has 0 unspecified atom stereocenters. The lowest BCUT2D eigenvalue weighted by molar-refractivity contribution is 0.0953. The Morgan fingerprint density at radius 1 is 1.40 bits per heavy atom. The maximum absolute atomic E-state index is 11.3. The van der Waals surface area contributed by atoms with Gasteiger partial charge >= 0.3 is 0 Å². The van der Waals surface area contributed by atoms with Crippen molar-refractivity contribution in [3.8, 4) is 5.75 Å². The van der Waals surface area contributed by atoms with E-state index in [1.165, 1.54) is 6.20 Å². The van der Waals surface area contributed by atoms with Crippen LogP contribution in [0.15, 0.2) is 41.0 Å².